The number of nitrogens with zero attached hydrogens (tertiary/aromatic N) is 5. The summed E-state index contributed by atoms with van der Waals surface area (Å²) in [7, 11) is 0. The molecule has 1 aliphatic heterocycles. The molecular formula is C23H22N6O2. The molecular weight excluding hydrogens is 392 g/mol. The standard InChI is InChI=1S/C23H22N6O2/c1-16-27-28-22(31-16)17-5-7-19(8-6-17)25-23-24-10-9-21(26-23)18-3-2-4-20(15-18)29-11-13-30-14-12-29/h2-10,15H,11-14H2,1H3,(H,24,25,26). The van der Waals surface area contributed by atoms with E-state index in [1.54, 1.807) is 13.1 Å². The van der Waals surface area contributed by atoms with Crippen LogP contribution in [0.15, 0.2) is 65.2 Å². The molecule has 5 rings (SSSR count). The number of hydrogen-bond acceptors (Lipinski definition) is 8. The van der Waals surface area contributed by atoms with Gasteiger partial charge in [-0.2, -0.15) is 0 Å². The largest absolute Gasteiger partial charge is 0.421 e. The summed E-state index contributed by atoms with van der Waals surface area (Å²) in [5, 5.41) is 11.2. The molecule has 2 aromatic heterocycles. The predicted molar refractivity (Wildman–Crippen MR) is 118 cm³/mol. The number of benzene rings is 2. The molecule has 0 aliphatic carbocycles. The Morgan fingerprint density at radius 3 is 2.55 bits per heavy atom. The number of nitrogens with one attached hydrogen (secondary N) is 1. The Morgan fingerprint density at radius 1 is 0.935 bits per heavy atom. The van der Waals surface area contributed by atoms with Crippen LogP contribution in [-0.2, 0) is 4.74 Å². The zero-order chi connectivity index (χ0) is 21.0. The zero-order valence-electron chi connectivity index (χ0n) is 17.2. The van der Waals surface area contributed by atoms with Crippen LogP contribution in [0.3, 0.4) is 0 Å². The lowest BCUT2D eigenvalue weighted by molar-refractivity contribution is 0.122. The monoisotopic (exact) mass is 414 g/mol. The van der Waals surface area contributed by atoms with Crippen LogP contribution in [0.4, 0.5) is 17.3 Å². The van der Waals surface area contributed by atoms with Crippen LogP contribution in [0.25, 0.3) is 22.7 Å². The summed E-state index contributed by atoms with van der Waals surface area (Å²) in [6.45, 7) is 5.10. The van der Waals surface area contributed by atoms with Gasteiger partial charge < -0.3 is 19.4 Å². The highest BCUT2D eigenvalue weighted by Gasteiger charge is 2.12. The minimum atomic E-state index is 0.502. The van der Waals surface area contributed by atoms with Crippen LogP contribution < -0.4 is 10.2 Å². The summed E-state index contributed by atoms with van der Waals surface area (Å²) >= 11 is 0. The van der Waals surface area contributed by atoms with Crippen molar-refractivity contribution in [2.24, 2.45) is 0 Å². The molecule has 0 unspecified atom stereocenters. The predicted octanol–water partition coefficient (Wildman–Crippen LogP) is 4.08. The average molecular weight is 414 g/mol. The second-order valence-electron chi connectivity index (χ2n) is 7.24. The maximum Gasteiger partial charge on any atom is 0.247 e. The second kappa shape index (κ2) is 8.53. The van der Waals surface area contributed by atoms with Gasteiger partial charge in [-0.3, -0.25) is 0 Å². The van der Waals surface area contributed by atoms with Crippen molar-refractivity contribution in [2.75, 3.05) is 36.5 Å². The van der Waals surface area contributed by atoms with Crippen molar-refractivity contribution in [1.82, 2.24) is 20.2 Å². The van der Waals surface area contributed by atoms with Crippen molar-refractivity contribution in [2.45, 2.75) is 6.92 Å². The van der Waals surface area contributed by atoms with Crippen molar-refractivity contribution in [3.05, 3.63) is 66.7 Å². The molecule has 8 nitrogen and oxygen atoms in total. The Bertz CT molecular complexity index is 1170. The van der Waals surface area contributed by atoms with Gasteiger partial charge in [-0.05, 0) is 42.5 Å². The van der Waals surface area contributed by atoms with Gasteiger partial charge in [-0.1, -0.05) is 12.1 Å². The average Bonchev–Trinajstić information content (AvgIpc) is 3.27. The normalized spacial score (nSPS) is 13.9. The zero-order valence-corrected chi connectivity index (χ0v) is 17.2. The summed E-state index contributed by atoms with van der Waals surface area (Å²) in [5.74, 6) is 1.58. The molecule has 0 spiro atoms. The third kappa shape index (κ3) is 4.39. The molecule has 0 amide bonds. The van der Waals surface area contributed by atoms with E-state index in [1.807, 2.05) is 30.3 Å². The summed E-state index contributed by atoms with van der Waals surface area (Å²) in [5.41, 5.74) is 4.84. The highest BCUT2D eigenvalue weighted by atomic mass is 16.5. The number of morpholine rings is 1. The van der Waals surface area contributed by atoms with Crippen molar-refractivity contribution in [3.63, 3.8) is 0 Å². The van der Waals surface area contributed by atoms with Crippen LogP contribution in [0.2, 0.25) is 0 Å². The Balaban J connectivity index is 1.33. The molecule has 156 valence electrons. The highest BCUT2D eigenvalue weighted by Crippen LogP contribution is 2.26. The Morgan fingerprint density at radius 2 is 1.77 bits per heavy atom. The molecule has 0 saturated carbocycles. The fourth-order valence-corrected chi connectivity index (χ4v) is 3.50. The number of ether oxygens (including phenoxy) is 1. The van der Waals surface area contributed by atoms with E-state index in [0.29, 0.717) is 17.7 Å². The fraction of sp³-hybridized carbons (Fsp3) is 0.217. The van der Waals surface area contributed by atoms with E-state index in [4.69, 9.17) is 14.1 Å². The molecule has 1 N–H and O–H groups in total. The Hall–Kier alpha value is -3.78. The minimum absolute atomic E-state index is 0.502. The SMILES string of the molecule is Cc1nnc(-c2ccc(Nc3nccc(-c4cccc(N5CCOCC5)c4)n3)cc2)o1. The van der Waals surface area contributed by atoms with Crippen molar-refractivity contribution < 1.29 is 9.15 Å². The Kier molecular flexibility index (Phi) is 5.28. The van der Waals surface area contributed by atoms with Crippen LogP contribution in [-0.4, -0.2) is 46.5 Å². The first-order chi connectivity index (χ1) is 15.2. The highest BCUT2D eigenvalue weighted by molar-refractivity contribution is 5.67. The fourth-order valence-electron chi connectivity index (χ4n) is 3.50. The molecule has 1 saturated heterocycles. The van der Waals surface area contributed by atoms with Crippen molar-refractivity contribution >= 4 is 17.3 Å². The quantitative estimate of drug-likeness (QED) is 0.522. The number of rotatable bonds is 5. The van der Waals surface area contributed by atoms with Gasteiger partial charge in [0.05, 0.1) is 18.9 Å². The summed E-state index contributed by atoms with van der Waals surface area (Å²) in [6.07, 6.45) is 1.77. The van der Waals surface area contributed by atoms with Gasteiger partial charge in [0.15, 0.2) is 0 Å². The molecule has 3 heterocycles. The van der Waals surface area contributed by atoms with E-state index in [2.05, 4.69) is 49.7 Å². The van der Waals surface area contributed by atoms with E-state index in [9.17, 15) is 0 Å². The van der Waals surface area contributed by atoms with Gasteiger partial charge in [0.25, 0.3) is 0 Å². The lowest BCUT2D eigenvalue weighted by Gasteiger charge is -2.29. The summed E-state index contributed by atoms with van der Waals surface area (Å²) in [6, 6.07) is 18.1. The molecule has 1 fully saturated rings. The molecule has 8 heteroatoms. The first-order valence-corrected chi connectivity index (χ1v) is 10.2. The summed E-state index contributed by atoms with van der Waals surface area (Å²) < 4.78 is 10.9. The van der Waals surface area contributed by atoms with E-state index in [0.717, 1.165) is 48.8 Å². The smallest absolute Gasteiger partial charge is 0.247 e. The molecule has 0 atom stereocenters. The van der Waals surface area contributed by atoms with Crippen LogP contribution in [0.1, 0.15) is 5.89 Å². The van der Waals surface area contributed by atoms with Crippen LogP contribution in [0, 0.1) is 6.92 Å². The molecule has 0 bridgehead atoms. The first-order valence-electron chi connectivity index (χ1n) is 10.2. The number of hydrogen-bond donors (Lipinski definition) is 1. The third-order valence-corrected chi connectivity index (χ3v) is 5.09. The van der Waals surface area contributed by atoms with Gasteiger partial charge in [-0.25, -0.2) is 9.97 Å². The molecule has 1 aliphatic rings. The molecule has 2 aromatic carbocycles. The lowest BCUT2D eigenvalue weighted by Crippen LogP contribution is -2.36. The summed E-state index contributed by atoms with van der Waals surface area (Å²) in [4.78, 5) is 11.4. The molecule has 31 heavy (non-hydrogen) atoms. The maximum atomic E-state index is 5.47. The number of anilines is 3. The molecule has 0 radical (unpaired) electrons. The van der Waals surface area contributed by atoms with Gasteiger partial charge in [0.2, 0.25) is 17.7 Å². The van der Waals surface area contributed by atoms with Crippen molar-refractivity contribution in [3.8, 4) is 22.7 Å². The molecule has 4 aromatic rings. The van der Waals surface area contributed by atoms with E-state index < -0.39 is 0 Å². The Labute approximate surface area is 179 Å². The topological polar surface area (TPSA) is 89.2 Å². The first kappa shape index (κ1) is 19.2. The third-order valence-electron chi connectivity index (χ3n) is 5.09. The van der Waals surface area contributed by atoms with E-state index >= 15 is 0 Å². The van der Waals surface area contributed by atoms with E-state index in [1.165, 1.54) is 5.69 Å². The number of aryl methyl sites for hydroxylation is 1. The van der Waals surface area contributed by atoms with Gasteiger partial charge in [0.1, 0.15) is 0 Å². The van der Waals surface area contributed by atoms with Crippen LogP contribution in [0.5, 0.6) is 0 Å². The van der Waals surface area contributed by atoms with Gasteiger partial charge in [-0.15, -0.1) is 10.2 Å². The lowest BCUT2D eigenvalue weighted by atomic mass is 10.1. The second-order valence-corrected chi connectivity index (χ2v) is 7.24. The maximum absolute atomic E-state index is 5.47. The van der Waals surface area contributed by atoms with Gasteiger partial charge in [0, 0.05) is 48.7 Å². The van der Waals surface area contributed by atoms with E-state index in [-0.39, 0.29) is 0 Å². The van der Waals surface area contributed by atoms with Crippen molar-refractivity contribution in [1.29, 1.82) is 0 Å². The van der Waals surface area contributed by atoms with Crippen LogP contribution >= 0.6 is 0 Å². The van der Waals surface area contributed by atoms with Gasteiger partial charge >= 0.3 is 0 Å². The number of aromatic nitrogens is 4. The minimum Gasteiger partial charge on any atom is -0.421 e.